The molecular formula is C16H18ClN5O. The average molecular weight is 332 g/mol. The molecule has 1 amide bonds. The van der Waals surface area contributed by atoms with Crippen LogP contribution in [0.4, 0.5) is 11.5 Å². The lowest BCUT2D eigenvalue weighted by molar-refractivity contribution is 0.100. The first-order chi connectivity index (χ1) is 11.0. The van der Waals surface area contributed by atoms with Crippen molar-refractivity contribution in [3.8, 4) is 0 Å². The molecule has 7 heteroatoms. The molecule has 23 heavy (non-hydrogen) atoms. The van der Waals surface area contributed by atoms with E-state index in [0.717, 1.165) is 31.4 Å². The van der Waals surface area contributed by atoms with Gasteiger partial charge in [0.25, 0.3) is 5.91 Å². The van der Waals surface area contributed by atoms with E-state index in [4.69, 9.17) is 22.7 Å². The number of nitrogens with two attached hydrogens (primary N) is 1. The number of nitrogens with zero attached hydrogens (tertiary/aromatic N) is 2. The number of aromatic nitrogens is 2. The predicted molar refractivity (Wildman–Crippen MR) is 90.7 cm³/mol. The monoisotopic (exact) mass is 331 g/mol. The van der Waals surface area contributed by atoms with Crippen molar-refractivity contribution in [2.24, 2.45) is 5.73 Å². The van der Waals surface area contributed by atoms with Crippen LogP contribution in [-0.2, 0) is 0 Å². The number of carbonyl (C=O) groups is 1. The highest BCUT2D eigenvalue weighted by Gasteiger charge is 2.24. The fraction of sp³-hybridized carbons (Fsp3) is 0.312. The van der Waals surface area contributed by atoms with Crippen LogP contribution in [0, 0.1) is 5.41 Å². The molecule has 1 saturated carbocycles. The van der Waals surface area contributed by atoms with E-state index in [0.29, 0.717) is 22.1 Å². The van der Waals surface area contributed by atoms with Crippen molar-refractivity contribution >= 4 is 34.7 Å². The standard InChI is InChI=1S/C16H18ClN5O/c17-10-5-7-11(8-6-10)20-16-12(15(19)23)9-22(21-16)14-4-2-1-3-13(14)18/h5-9,14,18H,1-4H2,(H2,19,23)(H,20,21). The topological polar surface area (TPSA) is 96.8 Å². The summed E-state index contributed by atoms with van der Waals surface area (Å²) in [7, 11) is 0. The third-order valence-electron chi connectivity index (χ3n) is 4.00. The van der Waals surface area contributed by atoms with Gasteiger partial charge in [-0.2, -0.15) is 5.10 Å². The third kappa shape index (κ3) is 3.37. The number of halogens is 1. The number of carbonyl (C=O) groups excluding carboxylic acids is 1. The number of anilines is 2. The Kier molecular flexibility index (Phi) is 4.34. The zero-order valence-electron chi connectivity index (χ0n) is 12.6. The molecule has 4 N–H and O–H groups in total. The van der Waals surface area contributed by atoms with Crippen LogP contribution in [0.1, 0.15) is 42.1 Å². The maximum absolute atomic E-state index is 11.7. The first-order valence-electron chi connectivity index (χ1n) is 7.53. The van der Waals surface area contributed by atoms with Gasteiger partial charge in [-0.05, 0) is 43.5 Å². The predicted octanol–water partition coefficient (Wildman–Crippen LogP) is 3.51. The van der Waals surface area contributed by atoms with E-state index in [9.17, 15) is 4.79 Å². The molecule has 1 aromatic heterocycles. The number of nitrogens with one attached hydrogen (secondary N) is 2. The normalized spacial score (nSPS) is 18.0. The highest BCUT2D eigenvalue weighted by atomic mass is 35.5. The van der Waals surface area contributed by atoms with Crippen molar-refractivity contribution in [3.05, 3.63) is 41.0 Å². The number of rotatable bonds is 4. The lowest BCUT2D eigenvalue weighted by Gasteiger charge is -2.23. The Balaban J connectivity index is 1.91. The van der Waals surface area contributed by atoms with Gasteiger partial charge in [0.1, 0.15) is 5.56 Å². The van der Waals surface area contributed by atoms with E-state index in [2.05, 4.69) is 10.4 Å². The third-order valence-corrected chi connectivity index (χ3v) is 4.25. The number of hydrogen-bond acceptors (Lipinski definition) is 4. The summed E-state index contributed by atoms with van der Waals surface area (Å²) in [5, 5.41) is 16.3. The fourth-order valence-corrected chi connectivity index (χ4v) is 2.91. The van der Waals surface area contributed by atoms with Gasteiger partial charge in [0.05, 0.1) is 6.04 Å². The van der Waals surface area contributed by atoms with E-state index < -0.39 is 5.91 Å². The molecule has 1 unspecified atom stereocenters. The molecule has 0 radical (unpaired) electrons. The van der Waals surface area contributed by atoms with Crippen molar-refractivity contribution in [2.75, 3.05) is 5.32 Å². The molecule has 1 fully saturated rings. The van der Waals surface area contributed by atoms with Gasteiger partial charge < -0.3 is 16.5 Å². The van der Waals surface area contributed by atoms with Gasteiger partial charge in [0, 0.05) is 22.6 Å². The number of benzene rings is 1. The highest BCUT2D eigenvalue weighted by molar-refractivity contribution is 6.30. The van der Waals surface area contributed by atoms with Crippen LogP contribution >= 0.6 is 11.6 Å². The SMILES string of the molecule is N=C1CCCCC1n1cc(C(N)=O)c(Nc2ccc(Cl)cc2)n1. The summed E-state index contributed by atoms with van der Waals surface area (Å²) >= 11 is 5.87. The summed E-state index contributed by atoms with van der Waals surface area (Å²) in [6.07, 6.45) is 5.36. The summed E-state index contributed by atoms with van der Waals surface area (Å²) < 4.78 is 1.68. The maximum Gasteiger partial charge on any atom is 0.254 e. The summed E-state index contributed by atoms with van der Waals surface area (Å²) in [6.45, 7) is 0. The zero-order valence-corrected chi connectivity index (χ0v) is 13.3. The molecule has 0 aliphatic heterocycles. The zero-order chi connectivity index (χ0) is 16.4. The second kappa shape index (κ2) is 6.42. The average Bonchev–Trinajstić information content (AvgIpc) is 2.94. The second-order valence-corrected chi connectivity index (χ2v) is 6.09. The first-order valence-corrected chi connectivity index (χ1v) is 7.91. The van der Waals surface area contributed by atoms with Crippen molar-refractivity contribution in [3.63, 3.8) is 0 Å². The Hall–Kier alpha value is -2.34. The molecular weight excluding hydrogens is 314 g/mol. The number of hydrogen-bond donors (Lipinski definition) is 3. The molecule has 0 saturated heterocycles. The van der Waals surface area contributed by atoms with E-state index in [1.807, 2.05) is 0 Å². The van der Waals surface area contributed by atoms with Gasteiger partial charge in [0.2, 0.25) is 0 Å². The fourth-order valence-electron chi connectivity index (χ4n) is 2.78. The van der Waals surface area contributed by atoms with Crippen LogP contribution in [0.2, 0.25) is 5.02 Å². The van der Waals surface area contributed by atoms with Crippen LogP contribution in [0.15, 0.2) is 30.5 Å². The highest BCUT2D eigenvalue weighted by Crippen LogP contribution is 2.28. The van der Waals surface area contributed by atoms with E-state index in [-0.39, 0.29) is 6.04 Å². The molecule has 1 aromatic carbocycles. The minimum atomic E-state index is -0.546. The molecule has 3 rings (SSSR count). The van der Waals surface area contributed by atoms with Gasteiger partial charge >= 0.3 is 0 Å². The van der Waals surface area contributed by atoms with Crippen molar-refractivity contribution in [1.82, 2.24) is 9.78 Å². The number of amides is 1. The summed E-state index contributed by atoms with van der Waals surface area (Å²) in [5.74, 6) is -0.145. The second-order valence-electron chi connectivity index (χ2n) is 5.65. The van der Waals surface area contributed by atoms with Crippen LogP contribution in [0.3, 0.4) is 0 Å². The summed E-state index contributed by atoms with van der Waals surface area (Å²) in [5.41, 5.74) is 7.19. The van der Waals surface area contributed by atoms with Crippen LogP contribution < -0.4 is 11.1 Å². The summed E-state index contributed by atoms with van der Waals surface area (Å²) in [4.78, 5) is 11.7. The summed E-state index contributed by atoms with van der Waals surface area (Å²) in [6, 6.07) is 7.01. The van der Waals surface area contributed by atoms with Crippen LogP contribution in [-0.4, -0.2) is 21.4 Å². The molecule has 0 bridgehead atoms. The minimum absolute atomic E-state index is 0.0948. The Morgan fingerprint density at radius 1 is 1.35 bits per heavy atom. The van der Waals surface area contributed by atoms with Gasteiger partial charge in [-0.1, -0.05) is 18.0 Å². The lowest BCUT2D eigenvalue weighted by atomic mass is 9.93. The molecule has 1 aliphatic carbocycles. The Morgan fingerprint density at radius 2 is 2.09 bits per heavy atom. The largest absolute Gasteiger partial charge is 0.365 e. The Labute approximate surface area is 139 Å². The van der Waals surface area contributed by atoms with E-state index in [1.165, 1.54) is 0 Å². The van der Waals surface area contributed by atoms with Crippen LogP contribution in [0.25, 0.3) is 0 Å². The maximum atomic E-state index is 11.7. The molecule has 120 valence electrons. The minimum Gasteiger partial charge on any atom is -0.365 e. The van der Waals surface area contributed by atoms with E-state index in [1.54, 1.807) is 35.1 Å². The molecule has 2 aromatic rings. The smallest absolute Gasteiger partial charge is 0.254 e. The van der Waals surface area contributed by atoms with Gasteiger partial charge in [0.15, 0.2) is 5.82 Å². The molecule has 1 atom stereocenters. The van der Waals surface area contributed by atoms with Gasteiger partial charge in [-0.25, -0.2) is 0 Å². The van der Waals surface area contributed by atoms with Crippen molar-refractivity contribution in [1.29, 1.82) is 5.41 Å². The van der Waals surface area contributed by atoms with Gasteiger partial charge in [-0.15, -0.1) is 0 Å². The molecule has 1 heterocycles. The Bertz CT molecular complexity index is 737. The van der Waals surface area contributed by atoms with Gasteiger partial charge in [-0.3, -0.25) is 9.48 Å². The number of primary amides is 1. The molecule has 1 aliphatic rings. The molecule has 6 nitrogen and oxygen atoms in total. The first kappa shape index (κ1) is 15.6. The quantitative estimate of drug-likeness (QED) is 0.799. The lowest BCUT2D eigenvalue weighted by Crippen LogP contribution is -2.23. The Morgan fingerprint density at radius 3 is 2.74 bits per heavy atom. The van der Waals surface area contributed by atoms with Crippen molar-refractivity contribution in [2.45, 2.75) is 31.7 Å². The van der Waals surface area contributed by atoms with E-state index >= 15 is 0 Å². The van der Waals surface area contributed by atoms with Crippen LogP contribution in [0.5, 0.6) is 0 Å². The van der Waals surface area contributed by atoms with Crippen molar-refractivity contribution < 1.29 is 4.79 Å². The molecule has 0 spiro atoms.